The van der Waals surface area contributed by atoms with E-state index in [4.69, 9.17) is 0 Å². The minimum Gasteiger partial charge on any atom is -0.312 e. The Bertz CT molecular complexity index is 344. The van der Waals surface area contributed by atoms with Gasteiger partial charge in [0.15, 0.2) is 0 Å². The lowest BCUT2D eigenvalue weighted by molar-refractivity contribution is 0.363. The summed E-state index contributed by atoms with van der Waals surface area (Å²) < 4.78 is 0. The van der Waals surface area contributed by atoms with E-state index >= 15 is 0 Å². The normalized spacial score (nSPS) is 11.1. The molecule has 0 saturated heterocycles. The summed E-state index contributed by atoms with van der Waals surface area (Å²) in [5.41, 5.74) is 1.45. The van der Waals surface area contributed by atoms with Gasteiger partial charge in [0.05, 0.1) is 0 Å². The van der Waals surface area contributed by atoms with Gasteiger partial charge < -0.3 is 5.32 Å². The second kappa shape index (κ2) is 7.64. The van der Waals surface area contributed by atoms with Crippen LogP contribution in [-0.2, 0) is 13.1 Å². The number of likely N-dealkylation sites (N-methyl/N-ethyl adjacent to an activating group) is 1. The Kier molecular flexibility index (Phi) is 6.48. The van der Waals surface area contributed by atoms with E-state index in [1.807, 2.05) is 17.4 Å². The highest BCUT2D eigenvalue weighted by atomic mass is 32.1. The first-order valence-electron chi connectivity index (χ1n) is 6.25. The zero-order chi connectivity index (χ0) is 12.7. The third-order valence-corrected chi connectivity index (χ3v) is 3.77. The molecule has 0 spiro atoms. The van der Waals surface area contributed by atoms with Crippen molar-refractivity contribution in [2.24, 2.45) is 0 Å². The number of nitrogens with one attached hydrogen (secondary N) is 1. The summed E-state index contributed by atoms with van der Waals surface area (Å²) in [4.78, 5) is 5.16. The Morgan fingerprint density at radius 2 is 2.29 bits per heavy atom. The summed E-state index contributed by atoms with van der Waals surface area (Å²) in [7, 11) is 2.13. The molecule has 1 aromatic rings. The third-order valence-electron chi connectivity index (χ3n) is 2.68. The Morgan fingerprint density at radius 3 is 2.94 bits per heavy atom. The van der Waals surface area contributed by atoms with E-state index in [0.29, 0.717) is 0 Å². The van der Waals surface area contributed by atoms with Crippen LogP contribution in [0.15, 0.2) is 18.7 Å². The fraction of sp³-hybridized carbons (Fsp3) is 0.571. The van der Waals surface area contributed by atoms with E-state index < -0.39 is 0 Å². The highest BCUT2D eigenvalue weighted by Crippen LogP contribution is 2.22. The summed E-state index contributed by atoms with van der Waals surface area (Å²) in [5, 5.41) is 3.45. The van der Waals surface area contributed by atoms with Gasteiger partial charge in [0.25, 0.3) is 0 Å². The summed E-state index contributed by atoms with van der Waals surface area (Å²) in [6.45, 7) is 12.2. The molecule has 0 aliphatic rings. The lowest BCUT2D eigenvalue weighted by Gasteiger charge is -2.13. The molecule has 0 aliphatic heterocycles. The van der Waals surface area contributed by atoms with Gasteiger partial charge in [-0.3, -0.25) is 4.90 Å². The van der Waals surface area contributed by atoms with Crippen LogP contribution in [0.25, 0.3) is 0 Å². The van der Waals surface area contributed by atoms with Gasteiger partial charge in [-0.15, -0.1) is 17.9 Å². The van der Waals surface area contributed by atoms with Crippen molar-refractivity contribution >= 4 is 11.3 Å². The topological polar surface area (TPSA) is 15.3 Å². The molecule has 1 heterocycles. The van der Waals surface area contributed by atoms with Gasteiger partial charge in [0.2, 0.25) is 0 Å². The monoisotopic (exact) mass is 252 g/mol. The molecular formula is C14H24N2S. The average molecular weight is 252 g/mol. The molecule has 0 saturated carbocycles. The predicted octanol–water partition coefficient (Wildman–Crippen LogP) is 3.17. The number of nitrogens with zero attached hydrogens (tertiary/aromatic N) is 1. The number of thiophene rings is 1. The molecule has 2 nitrogen and oxygen atoms in total. The molecule has 0 aromatic carbocycles. The van der Waals surface area contributed by atoms with E-state index in [1.54, 1.807) is 0 Å². The van der Waals surface area contributed by atoms with Crippen LogP contribution in [0, 0.1) is 6.92 Å². The number of rotatable bonds is 8. The van der Waals surface area contributed by atoms with Crippen molar-refractivity contribution in [3.63, 3.8) is 0 Å². The molecule has 17 heavy (non-hydrogen) atoms. The lowest BCUT2D eigenvalue weighted by Crippen LogP contribution is -2.17. The standard InChI is InChI=1S/C14H24N2S/c1-5-7-15-10-14-9-13(12(3)17-14)11-16(4)8-6-2/h6,9,15H,2,5,7-8,10-11H2,1,3-4H3. The van der Waals surface area contributed by atoms with Gasteiger partial charge in [-0.1, -0.05) is 13.0 Å². The molecule has 1 N–H and O–H groups in total. The smallest absolute Gasteiger partial charge is 0.0299 e. The lowest BCUT2D eigenvalue weighted by atomic mass is 10.2. The maximum Gasteiger partial charge on any atom is 0.0299 e. The number of hydrogen-bond donors (Lipinski definition) is 1. The van der Waals surface area contributed by atoms with Crippen LogP contribution in [0.2, 0.25) is 0 Å². The predicted molar refractivity (Wildman–Crippen MR) is 77.6 cm³/mol. The van der Waals surface area contributed by atoms with E-state index in [0.717, 1.165) is 26.2 Å². The average Bonchev–Trinajstić information content (AvgIpc) is 2.60. The molecule has 0 fully saturated rings. The van der Waals surface area contributed by atoms with Crippen molar-refractivity contribution in [1.29, 1.82) is 0 Å². The van der Waals surface area contributed by atoms with Crippen molar-refractivity contribution in [3.05, 3.63) is 34.0 Å². The highest BCUT2D eigenvalue weighted by Gasteiger charge is 2.07. The molecule has 0 bridgehead atoms. The minimum atomic E-state index is 0.943. The highest BCUT2D eigenvalue weighted by molar-refractivity contribution is 7.12. The largest absolute Gasteiger partial charge is 0.312 e. The van der Waals surface area contributed by atoms with Crippen LogP contribution in [0.4, 0.5) is 0 Å². The Balaban J connectivity index is 2.52. The second-order valence-electron chi connectivity index (χ2n) is 4.46. The zero-order valence-electron chi connectivity index (χ0n) is 11.3. The van der Waals surface area contributed by atoms with Crippen LogP contribution in [0.1, 0.15) is 28.7 Å². The van der Waals surface area contributed by atoms with E-state index in [2.05, 4.69) is 43.8 Å². The first kappa shape index (κ1) is 14.4. The molecule has 96 valence electrons. The van der Waals surface area contributed by atoms with Crippen molar-refractivity contribution in [3.8, 4) is 0 Å². The minimum absolute atomic E-state index is 0.943. The molecule has 0 aliphatic carbocycles. The molecule has 1 aromatic heterocycles. The number of aryl methyl sites for hydroxylation is 1. The van der Waals surface area contributed by atoms with Crippen LogP contribution in [0.3, 0.4) is 0 Å². The first-order valence-corrected chi connectivity index (χ1v) is 7.07. The van der Waals surface area contributed by atoms with Crippen LogP contribution < -0.4 is 5.32 Å². The van der Waals surface area contributed by atoms with Gasteiger partial charge in [-0.2, -0.15) is 0 Å². The second-order valence-corrected chi connectivity index (χ2v) is 5.80. The molecule has 3 heteroatoms. The fourth-order valence-electron chi connectivity index (χ4n) is 1.80. The van der Waals surface area contributed by atoms with E-state index in [9.17, 15) is 0 Å². The molecule has 0 unspecified atom stereocenters. The maximum absolute atomic E-state index is 3.77. The van der Waals surface area contributed by atoms with E-state index in [-0.39, 0.29) is 0 Å². The Morgan fingerprint density at radius 1 is 1.53 bits per heavy atom. The fourth-order valence-corrected chi connectivity index (χ4v) is 2.82. The van der Waals surface area contributed by atoms with Crippen molar-refractivity contribution in [1.82, 2.24) is 10.2 Å². The van der Waals surface area contributed by atoms with Gasteiger partial charge >= 0.3 is 0 Å². The summed E-state index contributed by atoms with van der Waals surface area (Å²) in [6.07, 6.45) is 3.14. The first-order chi connectivity index (χ1) is 8.17. The van der Waals surface area contributed by atoms with Gasteiger partial charge in [0, 0.05) is 29.4 Å². The summed E-state index contributed by atoms with van der Waals surface area (Å²) in [5.74, 6) is 0. The molecular weight excluding hydrogens is 228 g/mol. The van der Waals surface area contributed by atoms with Crippen molar-refractivity contribution in [2.75, 3.05) is 20.1 Å². The Hall–Kier alpha value is -0.640. The number of hydrogen-bond acceptors (Lipinski definition) is 3. The van der Waals surface area contributed by atoms with Crippen LogP contribution >= 0.6 is 11.3 Å². The summed E-state index contributed by atoms with van der Waals surface area (Å²) >= 11 is 1.91. The van der Waals surface area contributed by atoms with Crippen LogP contribution in [0.5, 0.6) is 0 Å². The van der Waals surface area contributed by atoms with Gasteiger partial charge in [0.1, 0.15) is 0 Å². The molecule has 0 radical (unpaired) electrons. The molecule has 0 amide bonds. The van der Waals surface area contributed by atoms with Crippen LogP contribution in [-0.4, -0.2) is 25.0 Å². The Labute approximate surface area is 109 Å². The van der Waals surface area contributed by atoms with E-state index in [1.165, 1.54) is 21.7 Å². The summed E-state index contributed by atoms with van der Waals surface area (Å²) in [6, 6.07) is 2.34. The molecule has 1 rings (SSSR count). The van der Waals surface area contributed by atoms with Gasteiger partial charge in [-0.25, -0.2) is 0 Å². The zero-order valence-corrected chi connectivity index (χ0v) is 12.1. The quantitative estimate of drug-likeness (QED) is 0.565. The van der Waals surface area contributed by atoms with Gasteiger partial charge in [-0.05, 0) is 38.6 Å². The SMILES string of the molecule is C=CCN(C)Cc1cc(CNCCC)sc1C. The molecule has 0 atom stereocenters. The third kappa shape index (κ3) is 5.02. The van der Waals surface area contributed by atoms with Crippen molar-refractivity contribution in [2.45, 2.75) is 33.4 Å². The maximum atomic E-state index is 3.77. The van der Waals surface area contributed by atoms with Crippen molar-refractivity contribution < 1.29 is 0 Å².